The largest absolute Gasteiger partial charge is 0.478 e. The van der Waals surface area contributed by atoms with Crippen LogP contribution in [0.1, 0.15) is 45.1 Å². The minimum Gasteiger partial charge on any atom is -0.478 e. The predicted molar refractivity (Wildman–Crippen MR) is 146 cm³/mol. The Morgan fingerprint density at radius 1 is 1.11 bits per heavy atom. The zero-order valence-corrected chi connectivity index (χ0v) is 22.3. The number of hydrogen-bond donors (Lipinski definition) is 1. The number of ether oxygens (including phenoxy) is 1. The first-order valence-electron chi connectivity index (χ1n) is 13.4. The van der Waals surface area contributed by atoms with Gasteiger partial charge in [0.2, 0.25) is 5.91 Å². The summed E-state index contributed by atoms with van der Waals surface area (Å²) in [5.74, 6) is -0.344. The lowest BCUT2D eigenvalue weighted by atomic mass is 9.95. The fourth-order valence-electron chi connectivity index (χ4n) is 5.07. The van der Waals surface area contributed by atoms with E-state index in [2.05, 4.69) is 39.2 Å². The number of nitrogens with zero attached hydrogens (tertiary/aromatic N) is 4. The third-order valence-corrected chi connectivity index (χ3v) is 7.46. The summed E-state index contributed by atoms with van der Waals surface area (Å²) in [6.45, 7) is 5.20. The SMILES string of the molecule is Cn1cc(-c2ccc(CN(C(=O)[C@H]3CCCN(c4cccc(OC(C)(C)C(=O)O)c4)C3)C3CC3)cc2)cn1. The third-order valence-electron chi connectivity index (χ3n) is 7.46. The van der Waals surface area contributed by atoms with Crippen LogP contribution in [0.25, 0.3) is 11.1 Å². The number of aliphatic carboxylic acids is 1. The molecule has 2 heterocycles. The molecule has 1 saturated carbocycles. The van der Waals surface area contributed by atoms with Gasteiger partial charge in [-0.2, -0.15) is 5.10 Å². The Morgan fingerprint density at radius 3 is 2.53 bits per heavy atom. The van der Waals surface area contributed by atoms with Crippen LogP contribution in [-0.4, -0.2) is 56.4 Å². The van der Waals surface area contributed by atoms with Crippen molar-refractivity contribution in [2.75, 3.05) is 18.0 Å². The van der Waals surface area contributed by atoms with Crippen molar-refractivity contribution in [3.05, 3.63) is 66.5 Å². The van der Waals surface area contributed by atoms with Crippen LogP contribution in [0.4, 0.5) is 5.69 Å². The van der Waals surface area contributed by atoms with Gasteiger partial charge >= 0.3 is 5.97 Å². The number of carbonyl (C=O) groups excluding carboxylic acids is 1. The van der Waals surface area contributed by atoms with Crippen molar-refractivity contribution in [1.82, 2.24) is 14.7 Å². The van der Waals surface area contributed by atoms with Crippen LogP contribution in [-0.2, 0) is 23.2 Å². The van der Waals surface area contributed by atoms with Gasteiger partial charge in [0.1, 0.15) is 5.75 Å². The summed E-state index contributed by atoms with van der Waals surface area (Å²) < 4.78 is 7.54. The third kappa shape index (κ3) is 5.85. The zero-order valence-electron chi connectivity index (χ0n) is 22.3. The maximum atomic E-state index is 13.8. The fourth-order valence-corrected chi connectivity index (χ4v) is 5.07. The highest BCUT2D eigenvalue weighted by molar-refractivity contribution is 5.80. The molecule has 1 N–H and O–H groups in total. The molecule has 2 aromatic carbocycles. The number of hydrogen-bond acceptors (Lipinski definition) is 5. The molecular weight excluding hydrogens is 480 g/mol. The maximum Gasteiger partial charge on any atom is 0.347 e. The van der Waals surface area contributed by atoms with Crippen LogP contribution in [0.3, 0.4) is 0 Å². The number of rotatable bonds is 9. The molecule has 1 saturated heterocycles. The Balaban J connectivity index is 1.26. The smallest absolute Gasteiger partial charge is 0.347 e. The van der Waals surface area contributed by atoms with E-state index in [0.717, 1.165) is 54.6 Å². The summed E-state index contributed by atoms with van der Waals surface area (Å²) in [6.07, 6.45) is 7.79. The number of carbonyl (C=O) groups is 2. The molecule has 2 fully saturated rings. The quantitative estimate of drug-likeness (QED) is 0.442. The molecule has 3 aromatic rings. The van der Waals surface area contributed by atoms with Gasteiger partial charge in [0.25, 0.3) is 0 Å². The van der Waals surface area contributed by atoms with Crippen molar-refractivity contribution in [2.24, 2.45) is 13.0 Å². The minimum absolute atomic E-state index is 0.0703. The second-order valence-corrected chi connectivity index (χ2v) is 11.0. The molecule has 38 heavy (non-hydrogen) atoms. The standard InChI is InChI=1S/C30H36N4O4/c1-30(2,29(36)37)38-27-8-4-7-26(16-27)33-15-5-6-23(20-33)28(35)34(25-13-14-25)18-21-9-11-22(12-10-21)24-17-31-32(3)19-24/h4,7-12,16-17,19,23,25H,5-6,13-15,18,20H2,1-3H3,(H,36,37)/t23-/m0/s1. The van der Waals surface area contributed by atoms with E-state index in [4.69, 9.17) is 4.74 Å². The highest BCUT2D eigenvalue weighted by Crippen LogP contribution is 2.33. The Morgan fingerprint density at radius 2 is 1.87 bits per heavy atom. The van der Waals surface area contributed by atoms with Crippen molar-refractivity contribution in [2.45, 2.75) is 57.7 Å². The van der Waals surface area contributed by atoms with Crippen LogP contribution >= 0.6 is 0 Å². The number of amides is 1. The first kappa shape index (κ1) is 25.8. The van der Waals surface area contributed by atoms with Crippen molar-refractivity contribution >= 4 is 17.6 Å². The average Bonchev–Trinajstić information content (AvgIpc) is 3.66. The highest BCUT2D eigenvalue weighted by Gasteiger charge is 2.37. The Bertz CT molecular complexity index is 1300. The normalized spacial score (nSPS) is 17.8. The maximum absolute atomic E-state index is 13.8. The van der Waals surface area contributed by atoms with Gasteiger partial charge in [0, 0.05) is 56.2 Å². The Kier molecular flexibility index (Phi) is 7.15. The second-order valence-electron chi connectivity index (χ2n) is 11.0. The van der Waals surface area contributed by atoms with Gasteiger partial charge in [0.05, 0.1) is 12.1 Å². The lowest BCUT2D eigenvalue weighted by Crippen LogP contribution is -2.45. The Labute approximate surface area is 223 Å². The number of benzene rings is 2. The van der Waals surface area contributed by atoms with Gasteiger partial charge in [-0.3, -0.25) is 9.48 Å². The average molecular weight is 517 g/mol. The summed E-state index contributed by atoms with van der Waals surface area (Å²) in [5, 5.41) is 13.7. The van der Waals surface area contributed by atoms with Crippen molar-refractivity contribution in [3.63, 3.8) is 0 Å². The van der Waals surface area contributed by atoms with E-state index < -0.39 is 11.6 Å². The minimum atomic E-state index is -1.32. The van der Waals surface area contributed by atoms with Crippen LogP contribution in [0.15, 0.2) is 60.9 Å². The summed E-state index contributed by atoms with van der Waals surface area (Å²) in [5.41, 5.74) is 2.96. The van der Waals surface area contributed by atoms with Crippen molar-refractivity contribution in [3.8, 4) is 16.9 Å². The van der Waals surface area contributed by atoms with Crippen molar-refractivity contribution in [1.29, 1.82) is 0 Å². The molecule has 5 rings (SSSR count). The molecule has 8 nitrogen and oxygen atoms in total. The molecule has 1 amide bonds. The van der Waals surface area contributed by atoms with Gasteiger partial charge in [0.15, 0.2) is 5.60 Å². The summed E-state index contributed by atoms with van der Waals surface area (Å²) in [6, 6.07) is 16.3. The highest BCUT2D eigenvalue weighted by atomic mass is 16.5. The molecule has 200 valence electrons. The predicted octanol–water partition coefficient (Wildman–Crippen LogP) is 4.74. The van der Waals surface area contributed by atoms with E-state index in [0.29, 0.717) is 24.9 Å². The molecule has 1 aliphatic carbocycles. The molecule has 0 radical (unpaired) electrons. The van der Waals surface area contributed by atoms with Crippen LogP contribution < -0.4 is 9.64 Å². The molecular formula is C30H36N4O4. The van der Waals surface area contributed by atoms with Crippen LogP contribution in [0.5, 0.6) is 5.75 Å². The number of carboxylic acid groups (broad SMARTS) is 1. The van der Waals surface area contributed by atoms with E-state index in [9.17, 15) is 14.7 Å². The zero-order chi connectivity index (χ0) is 26.9. The summed E-state index contributed by atoms with van der Waals surface area (Å²) in [7, 11) is 1.91. The molecule has 1 aromatic heterocycles. The van der Waals surface area contributed by atoms with E-state index in [1.54, 1.807) is 10.7 Å². The monoisotopic (exact) mass is 516 g/mol. The van der Waals surface area contributed by atoms with Gasteiger partial charge in [-0.1, -0.05) is 30.3 Å². The van der Waals surface area contributed by atoms with Gasteiger partial charge in [-0.15, -0.1) is 0 Å². The van der Waals surface area contributed by atoms with E-state index in [1.165, 1.54) is 13.8 Å². The van der Waals surface area contributed by atoms with E-state index in [1.807, 2.05) is 37.6 Å². The number of anilines is 1. The fraction of sp³-hybridized carbons (Fsp3) is 0.433. The lowest BCUT2D eigenvalue weighted by Gasteiger charge is -2.36. The van der Waals surface area contributed by atoms with E-state index >= 15 is 0 Å². The van der Waals surface area contributed by atoms with E-state index in [-0.39, 0.29) is 11.8 Å². The second kappa shape index (κ2) is 10.5. The molecule has 2 aliphatic rings. The van der Waals surface area contributed by atoms with Crippen LogP contribution in [0, 0.1) is 5.92 Å². The van der Waals surface area contributed by atoms with Gasteiger partial charge < -0.3 is 19.6 Å². The molecule has 0 unspecified atom stereocenters. The molecule has 1 atom stereocenters. The first-order chi connectivity index (χ1) is 18.2. The number of aromatic nitrogens is 2. The van der Waals surface area contributed by atoms with Gasteiger partial charge in [-0.25, -0.2) is 4.79 Å². The number of aryl methyl sites for hydroxylation is 1. The topological polar surface area (TPSA) is 87.9 Å². The lowest BCUT2D eigenvalue weighted by molar-refractivity contribution is -0.152. The first-order valence-corrected chi connectivity index (χ1v) is 13.4. The Hall–Kier alpha value is -3.81. The number of piperidine rings is 1. The van der Waals surface area contributed by atoms with Crippen LogP contribution in [0.2, 0.25) is 0 Å². The molecule has 1 aliphatic heterocycles. The molecule has 8 heteroatoms. The van der Waals surface area contributed by atoms with Gasteiger partial charge in [-0.05, 0) is 62.8 Å². The summed E-state index contributed by atoms with van der Waals surface area (Å²) in [4.78, 5) is 29.6. The summed E-state index contributed by atoms with van der Waals surface area (Å²) >= 11 is 0. The van der Waals surface area contributed by atoms with Crippen molar-refractivity contribution < 1.29 is 19.4 Å². The molecule has 0 spiro atoms. The molecule has 0 bridgehead atoms. The number of carboxylic acids is 1.